The number of rotatable bonds is 6. The number of fused-ring (bicyclic) bond motifs is 1. The molecule has 10 heteroatoms. The third-order valence-electron chi connectivity index (χ3n) is 3.78. The van der Waals surface area contributed by atoms with Gasteiger partial charge in [-0.3, -0.25) is 9.78 Å². The summed E-state index contributed by atoms with van der Waals surface area (Å²) in [4.78, 5) is 19.1. The Balaban J connectivity index is 2.07. The Morgan fingerprint density at radius 2 is 1.89 bits per heavy atom. The summed E-state index contributed by atoms with van der Waals surface area (Å²) in [5, 5.41) is 10.5. The van der Waals surface area contributed by atoms with E-state index in [0.717, 1.165) is 4.31 Å². The second kappa shape index (κ2) is 7.77. The Labute approximate surface area is 165 Å². The van der Waals surface area contributed by atoms with Gasteiger partial charge in [0.15, 0.2) is 0 Å². The standard InChI is InChI=1S/C17H13Cl2N3O4S/c18-15-8-21-17(19)14-7-12(4-5-13(14)15)27(25,26)22(10-16(23)24)9-11-3-1-2-6-20-11/h1-8H,9-10H2,(H,23,24). The second-order valence-corrected chi connectivity index (χ2v) is 8.30. The van der Waals surface area contributed by atoms with E-state index in [-0.39, 0.29) is 16.6 Å². The number of hydrogen-bond acceptors (Lipinski definition) is 5. The van der Waals surface area contributed by atoms with Gasteiger partial charge in [-0.1, -0.05) is 35.3 Å². The monoisotopic (exact) mass is 425 g/mol. The number of nitrogens with zero attached hydrogens (tertiary/aromatic N) is 3. The molecule has 1 N–H and O–H groups in total. The summed E-state index contributed by atoms with van der Waals surface area (Å²) in [6, 6.07) is 9.19. The lowest BCUT2D eigenvalue weighted by atomic mass is 10.2. The number of pyridine rings is 2. The first-order valence-corrected chi connectivity index (χ1v) is 9.84. The molecule has 0 bridgehead atoms. The van der Waals surface area contributed by atoms with Crippen LogP contribution in [-0.2, 0) is 21.4 Å². The predicted octanol–water partition coefficient (Wildman–Crippen LogP) is 3.21. The smallest absolute Gasteiger partial charge is 0.318 e. The van der Waals surface area contributed by atoms with Crippen LogP contribution in [0.25, 0.3) is 10.8 Å². The number of hydrogen-bond donors (Lipinski definition) is 1. The lowest BCUT2D eigenvalue weighted by Gasteiger charge is -2.20. The molecule has 0 aliphatic carbocycles. The Morgan fingerprint density at radius 3 is 2.56 bits per heavy atom. The van der Waals surface area contributed by atoms with E-state index < -0.39 is 22.5 Å². The minimum absolute atomic E-state index is 0.0981. The summed E-state index contributed by atoms with van der Waals surface area (Å²) in [7, 11) is -4.13. The number of sulfonamides is 1. The third kappa shape index (κ3) is 4.19. The molecule has 0 unspecified atom stereocenters. The van der Waals surface area contributed by atoms with Gasteiger partial charge in [-0.15, -0.1) is 0 Å². The van der Waals surface area contributed by atoms with Crippen molar-refractivity contribution in [1.29, 1.82) is 0 Å². The molecule has 2 heterocycles. The van der Waals surface area contributed by atoms with E-state index >= 15 is 0 Å². The van der Waals surface area contributed by atoms with Crippen LogP contribution in [0.3, 0.4) is 0 Å². The molecule has 0 spiro atoms. The number of benzene rings is 1. The van der Waals surface area contributed by atoms with Gasteiger partial charge in [-0.05, 0) is 24.3 Å². The van der Waals surface area contributed by atoms with Gasteiger partial charge in [0.2, 0.25) is 10.0 Å². The summed E-state index contributed by atoms with van der Waals surface area (Å²) in [5.74, 6) is -1.28. The van der Waals surface area contributed by atoms with Crippen molar-refractivity contribution in [3.8, 4) is 0 Å². The molecule has 7 nitrogen and oxygen atoms in total. The zero-order valence-electron chi connectivity index (χ0n) is 13.7. The molecule has 0 aliphatic rings. The first-order valence-electron chi connectivity index (χ1n) is 7.64. The van der Waals surface area contributed by atoms with E-state index in [1.807, 2.05) is 0 Å². The molecule has 3 aromatic rings. The molecule has 2 aromatic heterocycles. The molecule has 140 valence electrons. The van der Waals surface area contributed by atoms with Crippen LogP contribution in [-0.4, -0.2) is 40.3 Å². The molecular weight excluding hydrogens is 413 g/mol. The predicted molar refractivity (Wildman–Crippen MR) is 101 cm³/mol. The maximum atomic E-state index is 13.1. The SMILES string of the molecule is O=C(O)CN(Cc1ccccn1)S(=O)(=O)c1ccc2c(Cl)cnc(Cl)c2c1. The van der Waals surface area contributed by atoms with Crippen molar-refractivity contribution in [3.05, 3.63) is 64.7 Å². The minimum atomic E-state index is -4.13. The topological polar surface area (TPSA) is 100 Å². The molecule has 3 rings (SSSR count). The van der Waals surface area contributed by atoms with Crippen LogP contribution in [0.4, 0.5) is 0 Å². The Hall–Kier alpha value is -2.26. The molecule has 0 saturated heterocycles. The van der Waals surface area contributed by atoms with Gasteiger partial charge in [0, 0.05) is 23.2 Å². The molecule has 0 amide bonds. The highest BCUT2D eigenvalue weighted by molar-refractivity contribution is 7.89. The third-order valence-corrected chi connectivity index (χ3v) is 6.17. The first kappa shape index (κ1) is 19.5. The van der Waals surface area contributed by atoms with Gasteiger partial charge in [0.1, 0.15) is 11.7 Å². The zero-order chi connectivity index (χ0) is 19.6. The fraction of sp³-hybridized carbons (Fsp3) is 0.118. The van der Waals surface area contributed by atoms with Gasteiger partial charge >= 0.3 is 5.97 Å². The van der Waals surface area contributed by atoms with Gasteiger partial charge in [-0.2, -0.15) is 4.31 Å². The zero-order valence-corrected chi connectivity index (χ0v) is 16.0. The van der Waals surface area contributed by atoms with Crippen LogP contribution >= 0.6 is 23.2 Å². The first-order chi connectivity index (χ1) is 12.8. The van der Waals surface area contributed by atoms with E-state index in [9.17, 15) is 13.2 Å². The van der Waals surface area contributed by atoms with Crippen molar-refractivity contribution < 1.29 is 18.3 Å². The fourth-order valence-corrected chi connectivity index (χ4v) is 4.32. The second-order valence-electron chi connectivity index (χ2n) is 5.59. The molecule has 27 heavy (non-hydrogen) atoms. The summed E-state index contributed by atoms with van der Waals surface area (Å²) in [5.41, 5.74) is 0.422. The van der Waals surface area contributed by atoms with E-state index in [1.165, 1.54) is 30.6 Å². The molecule has 0 fully saturated rings. The summed E-state index contributed by atoms with van der Waals surface area (Å²) in [6.07, 6.45) is 2.88. The van der Waals surface area contributed by atoms with Gasteiger partial charge in [-0.25, -0.2) is 13.4 Å². The summed E-state index contributed by atoms with van der Waals surface area (Å²) >= 11 is 12.1. The van der Waals surface area contributed by atoms with Crippen molar-refractivity contribution in [3.63, 3.8) is 0 Å². The quantitative estimate of drug-likeness (QED) is 0.608. The van der Waals surface area contributed by atoms with Crippen molar-refractivity contribution in [2.24, 2.45) is 0 Å². The normalized spacial score (nSPS) is 11.8. The molecule has 0 radical (unpaired) electrons. The van der Waals surface area contributed by atoms with Crippen molar-refractivity contribution in [1.82, 2.24) is 14.3 Å². The van der Waals surface area contributed by atoms with Gasteiger partial charge < -0.3 is 5.11 Å². The molecular formula is C17H13Cl2N3O4S. The van der Waals surface area contributed by atoms with E-state index in [2.05, 4.69) is 9.97 Å². The largest absolute Gasteiger partial charge is 0.480 e. The van der Waals surface area contributed by atoms with Crippen LogP contribution in [0, 0.1) is 0 Å². The van der Waals surface area contributed by atoms with E-state index in [0.29, 0.717) is 21.5 Å². The number of carboxylic acid groups (broad SMARTS) is 1. The Kier molecular flexibility index (Phi) is 5.61. The Morgan fingerprint density at radius 1 is 1.11 bits per heavy atom. The number of carbonyl (C=O) groups is 1. The number of aromatic nitrogens is 2. The maximum Gasteiger partial charge on any atom is 0.318 e. The van der Waals surface area contributed by atoms with Gasteiger partial charge in [0.05, 0.1) is 22.2 Å². The average Bonchev–Trinajstić information content (AvgIpc) is 2.64. The van der Waals surface area contributed by atoms with Crippen molar-refractivity contribution in [2.75, 3.05) is 6.54 Å². The van der Waals surface area contributed by atoms with Crippen LogP contribution in [0.2, 0.25) is 10.2 Å². The number of carboxylic acids is 1. The highest BCUT2D eigenvalue weighted by Crippen LogP contribution is 2.30. The van der Waals surface area contributed by atoms with E-state index in [1.54, 1.807) is 18.2 Å². The van der Waals surface area contributed by atoms with Crippen molar-refractivity contribution >= 4 is 50.0 Å². The number of halogens is 2. The fourth-order valence-electron chi connectivity index (χ4n) is 2.51. The lowest BCUT2D eigenvalue weighted by Crippen LogP contribution is -2.35. The highest BCUT2D eigenvalue weighted by Gasteiger charge is 2.28. The highest BCUT2D eigenvalue weighted by atomic mass is 35.5. The van der Waals surface area contributed by atoms with Crippen LogP contribution in [0.15, 0.2) is 53.7 Å². The minimum Gasteiger partial charge on any atom is -0.480 e. The average molecular weight is 426 g/mol. The van der Waals surface area contributed by atoms with Crippen LogP contribution < -0.4 is 0 Å². The maximum absolute atomic E-state index is 13.1. The summed E-state index contributed by atoms with van der Waals surface area (Å²) < 4.78 is 26.9. The summed E-state index contributed by atoms with van der Waals surface area (Å²) in [6.45, 7) is -0.895. The molecule has 1 aromatic carbocycles. The van der Waals surface area contributed by atoms with Crippen molar-refractivity contribution in [2.45, 2.75) is 11.4 Å². The Bertz CT molecular complexity index is 1110. The van der Waals surface area contributed by atoms with E-state index in [4.69, 9.17) is 28.3 Å². The van der Waals surface area contributed by atoms with Crippen LogP contribution in [0.5, 0.6) is 0 Å². The number of aliphatic carboxylic acids is 1. The van der Waals surface area contributed by atoms with Crippen LogP contribution in [0.1, 0.15) is 5.69 Å². The molecule has 0 aliphatic heterocycles. The van der Waals surface area contributed by atoms with Gasteiger partial charge in [0.25, 0.3) is 0 Å². The molecule has 0 saturated carbocycles. The molecule has 0 atom stereocenters. The lowest BCUT2D eigenvalue weighted by molar-refractivity contribution is -0.137.